The second kappa shape index (κ2) is 2.34. The third-order valence-corrected chi connectivity index (χ3v) is 2.55. The molecule has 1 N–H and O–H groups in total. The minimum atomic E-state index is -4.24. The molecule has 13 heavy (non-hydrogen) atoms. The van der Waals surface area contributed by atoms with Crippen LogP contribution in [0.5, 0.6) is 0 Å². The van der Waals surface area contributed by atoms with Gasteiger partial charge in [0.15, 0.2) is 4.77 Å². The molecule has 0 aromatic carbocycles. The summed E-state index contributed by atoms with van der Waals surface area (Å²) in [6.45, 7) is 0. The number of alkyl halides is 3. The van der Waals surface area contributed by atoms with E-state index in [2.05, 4.69) is 22.4 Å². The lowest BCUT2D eigenvalue weighted by Gasteiger charge is -2.19. The van der Waals surface area contributed by atoms with E-state index in [1.165, 1.54) is 0 Å². The fraction of sp³-hybridized carbons (Fsp3) is 0.667. The van der Waals surface area contributed by atoms with Crippen LogP contribution < -0.4 is 0 Å². The van der Waals surface area contributed by atoms with E-state index >= 15 is 0 Å². The average molecular weight is 209 g/mol. The zero-order chi connectivity index (χ0) is 9.69. The number of hydrogen-bond acceptors (Lipinski definition) is 2. The first-order valence-corrected chi connectivity index (χ1v) is 4.07. The highest BCUT2D eigenvalue weighted by Crippen LogP contribution is 2.55. The van der Waals surface area contributed by atoms with E-state index in [1.54, 1.807) is 0 Å². The summed E-state index contributed by atoms with van der Waals surface area (Å²) in [6.07, 6.45) is -2.97. The largest absolute Gasteiger partial charge is 0.412 e. The number of H-pyrrole nitrogens is 1. The molecule has 1 aromatic heterocycles. The van der Waals surface area contributed by atoms with Gasteiger partial charge in [-0.25, -0.2) is 0 Å². The Hall–Kier alpha value is -0.850. The van der Waals surface area contributed by atoms with Gasteiger partial charge in [-0.2, -0.15) is 18.3 Å². The molecule has 3 nitrogen and oxygen atoms in total. The minimum Gasteiger partial charge on any atom is -0.291 e. The first-order chi connectivity index (χ1) is 5.97. The standard InChI is InChI=1S/C6H6F3N3S/c7-6(8,9)5(1-2-5)12-3-10-11-4(12)13/h3H,1-2H2,(H,11,13). The molecule has 1 aliphatic rings. The average Bonchev–Trinajstić information content (AvgIpc) is 2.70. The van der Waals surface area contributed by atoms with Crippen molar-refractivity contribution in [1.82, 2.24) is 14.8 Å². The molecule has 0 atom stereocenters. The van der Waals surface area contributed by atoms with Crippen LogP contribution in [0.2, 0.25) is 0 Å². The lowest BCUT2D eigenvalue weighted by Crippen LogP contribution is -2.34. The highest BCUT2D eigenvalue weighted by molar-refractivity contribution is 7.71. The van der Waals surface area contributed by atoms with Crippen molar-refractivity contribution in [2.75, 3.05) is 0 Å². The SMILES string of the molecule is FC(F)(F)C1(n2cn[nH]c2=S)CC1. The van der Waals surface area contributed by atoms with Gasteiger partial charge < -0.3 is 0 Å². The smallest absolute Gasteiger partial charge is 0.291 e. The van der Waals surface area contributed by atoms with Gasteiger partial charge in [0.2, 0.25) is 0 Å². The highest BCUT2D eigenvalue weighted by Gasteiger charge is 2.65. The molecule has 7 heteroatoms. The Morgan fingerprint density at radius 1 is 1.54 bits per heavy atom. The van der Waals surface area contributed by atoms with Crippen LogP contribution in [0.1, 0.15) is 12.8 Å². The second-order valence-corrected chi connectivity index (χ2v) is 3.45. The molecule has 0 amide bonds. The molecule has 1 heterocycles. The van der Waals surface area contributed by atoms with Crippen LogP contribution in [-0.4, -0.2) is 20.9 Å². The van der Waals surface area contributed by atoms with Gasteiger partial charge in [-0.1, -0.05) is 0 Å². The van der Waals surface area contributed by atoms with Gasteiger partial charge in [-0.15, -0.1) is 0 Å². The molecule has 1 saturated carbocycles. The van der Waals surface area contributed by atoms with E-state index in [0.29, 0.717) is 0 Å². The van der Waals surface area contributed by atoms with E-state index in [4.69, 9.17) is 0 Å². The van der Waals surface area contributed by atoms with E-state index in [1.807, 2.05) is 0 Å². The molecule has 0 saturated heterocycles. The number of hydrogen-bond donors (Lipinski definition) is 1. The van der Waals surface area contributed by atoms with E-state index in [-0.39, 0.29) is 17.6 Å². The Morgan fingerprint density at radius 2 is 2.15 bits per heavy atom. The van der Waals surface area contributed by atoms with Crippen LogP contribution >= 0.6 is 12.2 Å². The molecule has 0 bridgehead atoms. The van der Waals surface area contributed by atoms with Gasteiger partial charge in [-0.3, -0.25) is 9.67 Å². The number of nitrogens with one attached hydrogen (secondary N) is 1. The molecule has 1 fully saturated rings. The Labute approximate surface area is 76.6 Å². The van der Waals surface area contributed by atoms with Gasteiger partial charge in [-0.05, 0) is 25.1 Å². The highest BCUT2D eigenvalue weighted by atomic mass is 32.1. The Bertz CT molecular complexity index is 373. The number of halogens is 3. The van der Waals surface area contributed by atoms with Crippen molar-refractivity contribution in [3.05, 3.63) is 11.1 Å². The number of aromatic nitrogens is 3. The molecule has 0 aliphatic heterocycles. The van der Waals surface area contributed by atoms with Crippen LogP contribution in [0.25, 0.3) is 0 Å². The summed E-state index contributed by atoms with van der Waals surface area (Å²) in [5, 5.41) is 5.79. The monoisotopic (exact) mass is 209 g/mol. The minimum absolute atomic E-state index is 0.0230. The van der Waals surface area contributed by atoms with E-state index < -0.39 is 11.7 Å². The molecular formula is C6H6F3N3S. The Balaban J connectivity index is 2.48. The summed E-state index contributed by atoms with van der Waals surface area (Å²) in [6, 6.07) is 0. The second-order valence-electron chi connectivity index (χ2n) is 3.06. The Kier molecular flexibility index (Phi) is 1.57. The molecule has 0 spiro atoms. The van der Waals surface area contributed by atoms with Crippen molar-refractivity contribution in [2.45, 2.75) is 24.6 Å². The third-order valence-electron chi connectivity index (χ3n) is 2.26. The van der Waals surface area contributed by atoms with Crippen LogP contribution in [0.15, 0.2) is 6.33 Å². The number of nitrogens with zero attached hydrogens (tertiary/aromatic N) is 2. The fourth-order valence-corrected chi connectivity index (χ4v) is 1.61. The summed E-state index contributed by atoms with van der Waals surface area (Å²) >= 11 is 4.69. The normalized spacial score (nSPS) is 20.2. The van der Waals surface area contributed by atoms with Gasteiger partial charge in [0.1, 0.15) is 11.9 Å². The van der Waals surface area contributed by atoms with Gasteiger partial charge >= 0.3 is 6.18 Å². The molecule has 2 rings (SSSR count). The topological polar surface area (TPSA) is 33.6 Å². The third kappa shape index (κ3) is 1.10. The number of aromatic amines is 1. The van der Waals surface area contributed by atoms with E-state index in [0.717, 1.165) is 10.9 Å². The predicted molar refractivity (Wildman–Crippen MR) is 40.7 cm³/mol. The molecular weight excluding hydrogens is 203 g/mol. The molecule has 0 radical (unpaired) electrons. The summed E-state index contributed by atoms with van der Waals surface area (Å²) < 4.78 is 38.6. The van der Waals surface area contributed by atoms with Crippen LogP contribution in [0, 0.1) is 4.77 Å². The lowest BCUT2D eigenvalue weighted by atomic mass is 10.2. The van der Waals surface area contributed by atoms with Gasteiger partial charge in [0, 0.05) is 0 Å². The summed E-state index contributed by atoms with van der Waals surface area (Å²) in [4.78, 5) is 0. The predicted octanol–water partition coefficient (Wildman–Crippen LogP) is 1.99. The first-order valence-electron chi connectivity index (χ1n) is 3.67. The quantitative estimate of drug-likeness (QED) is 0.717. The first kappa shape index (κ1) is 8.74. The lowest BCUT2D eigenvalue weighted by molar-refractivity contribution is -0.180. The van der Waals surface area contributed by atoms with E-state index in [9.17, 15) is 13.2 Å². The van der Waals surface area contributed by atoms with Crippen molar-refractivity contribution in [3.8, 4) is 0 Å². The number of rotatable bonds is 1. The molecule has 1 aliphatic carbocycles. The van der Waals surface area contributed by atoms with Crippen molar-refractivity contribution in [3.63, 3.8) is 0 Å². The molecule has 0 unspecified atom stereocenters. The van der Waals surface area contributed by atoms with Crippen molar-refractivity contribution in [2.24, 2.45) is 0 Å². The van der Waals surface area contributed by atoms with Gasteiger partial charge in [0.05, 0.1) is 0 Å². The summed E-state index contributed by atoms with van der Waals surface area (Å²) in [7, 11) is 0. The Morgan fingerprint density at radius 3 is 2.46 bits per heavy atom. The van der Waals surface area contributed by atoms with Crippen LogP contribution in [0.3, 0.4) is 0 Å². The maximum Gasteiger partial charge on any atom is 0.412 e. The maximum atomic E-state index is 12.5. The van der Waals surface area contributed by atoms with Gasteiger partial charge in [0.25, 0.3) is 0 Å². The molecule has 72 valence electrons. The zero-order valence-electron chi connectivity index (χ0n) is 6.43. The summed E-state index contributed by atoms with van der Waals surface area (Å²) in [5.41, 5.74) is -1.78. The fourth-order valence-electron chi connectivity index (χ4n) is 1.33. The van der Waals surface area contributed by atoms with Crippen molar-refractivity contribution in [1.29, 1.82) is 0 Å². The van der Waals surface area contributed by atoms with Crippen LogP contribution in [-0.2, 0) is 5.54 Å². The van der Waals surface area contributed by atoms with Crippen molar-refractivity contribution >= 4 is 12.2 Å². The zero-order valence-corrected chi connectivity index (χ0v) is 7.24. The van der Waals surface area contributed by atoms with Crippen molar-refractivity contribution < 1.29 is 13.2 Å². The summed E-state index contributed by atoms with van der Waals surface area (Å²) in [5.74, 6) is 0. The van der Waals surface area contributed by atoms with Crippen LogP contribution in [0.4, 0.5) is 13.2 Å². The maximum absolute atomic E-state index is 12.5. The molecule has 1 aromatic rings.